The zero-order chi connectivity index (χ0) is 28.2. The Bertz CT molecular complexity index is 1470. The minimum atomic E-state index is -3.77. The van der Waals surface area contributed by atoms with E-state index in [9.17, 15) is 22.8 Å². The van der Waals surface area contributed by atoms with Gasteiger partial charge in [0.05, 0.1) is 10.5 Å². The maximum atomic E-state index is 13.1. The van der Waals surface area contributed by atoms with Gasteiger partial charge in [-0.15, -0.1) is 11.3 Å². The summed E-state index contributed by atoms with van der Waals surface area (Å²) < 4.78 is 27.4. The minimum absolute atomic E-state index is 0.0686. The van der Waals surface area contributed by atoms with Gasteiger partial charge in [0.2, 0.25) is 15.9 Å². The van der Waals surface area contributed by atoms with Crippen LogP contribution in [-0.4, -0.2) is 55.5 Å². The summed E-state index contributed by atoms with van der Waals surface area (Å²) >= 11 is 1.33. The van der Waals surface area contributed by atoms with Crippen molar-refractivity contribution in [1.29, 1.82) is 0 Å². The fourth-order valence-corrected chi connectivity index (χ4v) is 6.76. The second-order valence-electron chi connectivity index (χ2n) is 9.19. The van der Waals surface area contributed by atoms with E-state index in [4.69, 9.17) is 0 Å². The number of carbonyl (C=O) groups excluding carboxylic acids is 3. The van der Waals surface area contributed by atoms with Gasteiger partial charge < -0.3 is 5.32 Å². The summed E-state index contributed by atoms with van der Waals surface area (Å²) in [5, 5.41) is 3.21. The number of nitrogens with one attached hydrogen (secondary N) is 3. The Hall–Kier alpha value is -3.58. The molecule has 3 aromatic rings. The van der Waals surface area contributed by atoms with Gasteiger partial charge in [0.15, 0.2) is 0 Å². The van der Waals surface area contributed by atoms with Gasteiger partial charge >= 0.3 is 0 Å². The highest BCUT2D eigenvalue weighted by Crippen LogP contribution is 2.37. The van der Waals surface area contributed by atoms with E-state index in [-0.39, 0.29) is 17.0 Å². The quantitative estimate of drug-likeness (QED) is 0.358. The van der Waals surface area contributed by atoms with Crippen molar-refractivity contribution in [2.24, 2.45) is 0 Å². The first-order valence-corrected chi connectivity index (χ1v) is 14.7. The Kier molecular flexibility index (Phi) is 8.80. The summed E-state index contributed by atoms with van der Waals surface area (Å²) in [7, 11) is -2.26. The standard InChI is InChI=1S/C27H31N5O5S2/c1-4-32-15-14-22-23(17-32)38-27(24(22)26(35)30-29-18(2)33)28-25(34)20-10-12-21(13-11-20)39(36,37)31(3)16-19-8-6-5-7-9-19/h5-13H,4,14-17H2,1-3H3,(H,28,34)(H,29,33)(H,30,35). The Balaban J connectivity index is 1.53. The summed E-state index contributed by atoms with van der Waals surface area (Å²) in [6.45, 7) is 5.87. The molecule has 10 nitrogen and oxygen atoms in total. The molecule has 0 unspecified atom stereocenters. The molecule has 4 rings (SSSR count). The zero-order valence-corrected chi connectivity index (χ0v) is 23.6. The maximum absolute atomic E-state index is 13.1. The van der Waals surface area contributed by atoms with Crippen LogP contribution in [0.5, 0.6) is 0 Å². The van der Waals surface area contributed by atoms with Crippen molar-refractivity contribution in [3.8, 4) is 0 Å². The molecule has 0 fully saturated rings. The summed E-state index contributed by atoms with van der Waals surface area (Å²) in [6, 6.07) is 15.0. The van der Waals surface area contributed by atoms with Crippen molar-refractivity contribution in [2.75, 3.05) is 25.5 Å². The van der Waals surface area contributed by atoms with Crippen molar-refractivity contribution in [2.45, 2.75) is 38.3 Å². The molecule has 0 bridgehead atoms. The molecule has 0 aliphatic carbocycles. The van der Waals surface area contributed by atoms with Gasteiger partial charge in [0.25, 0.3) is 11.8 Å². The predicted octanol–water partition coefficient (Wildman–Crippen LogP) is 2.98. The number of thiophene rings is 1. The molecule has 0 radical (unpaired) electrons. The molecular formula is C27H31N5O5S2. The first kappa shape index (κ1) is 28.4. The van der Waals surface area contributed by atoms with Crippen LogP contribution in [0.25, 0.3) is 0 Å². The first-order valence-electron chi connectivity index (χ1n) is 12.5. The molecule has 12 heteroatoms. The summed E-state index contributed by atoms with van der Waals surface area (Å²) in [5.41, 5.74) is 6.98. The van der Waals surface area contributed by atoms with Crippen LogP contribution >= 0.6 is 11.3 Å². The van der Waals surface area contributed by atoms with Gasteiger partial charge in [0, 0.05) is 44.0 Å². The molecule has 0 spiro atoms. The summed E-state index contributed by atoms with van der Waals surface area (Å²) in [5.74, 6) is -1.40. The predicted molar refractivity (Wildman–Crippen MR) is 150 cm³/mol. The molecule has 2 heterocycles. The smallest absolute Gasteiger partial charge is 0.272 e. The lowest BCUT2D eigenvalue weighted by molar-refractivity contribution is -0.119. The maximum Gasteiger partial charge on any atom is 0.272 e. The van der Waals surface area contributed by atoms with E-state index in [0.717, 1.165) is 29.1 Å². The molecular weight excluding hydrogens is 538 g/mol. The number of hydrazine groups is 1. The lowest BCUT2D eigenvalue weighted by Crippen LogP contribution is -2.41. The number of amides is 3. The van der Waals surface area contributed by atoms with E-state index in [1.54, 1.807) is 0 Å². The molecule has 206 valence electrons. The molecule has 3 amide bonds. The van der Waals surface area contributed by atoms with Gasteiger partial charge in [-0.25, -0.2) is 8.42 Å². The van der Waals surface area contributed by atoms with Crippen LogP contribution < -0.4 is 16.2 Å². The Morgan fingerprint density at radius 2 is 1.69 bits per heavy atom. The van der Waals surface area contributed by atoms with Crippen molar-refractivity contribution < 1.29 is 22.8 Å². The number of sulfonamides is 1. The normalized spacial score (nSPS) is 13.5. The van der Waals surface area contributed by atoms with Crippen molar-refractivity contribution in [3.05, 3.63) is 81.7 Å². The highest BCUT2D eigenvalue weighted by atomic mass is 32.2. The number of rotatable bonds is 8. The summed E-state index contributed by atoms with van der Waals surface area (Å²) in [4.78, 5) is 40.7. The van der Waals surface area contributed by atoms with Crippen LogP contribution in [0.2, 0.25) is 0 Å². The fraction of sp³-hybridized carbons (Fsp3) is 0.296. The lowest BCUT2D eigenvalue weighted by atomic mass is 10.0. The molecule has 0 saturated carbocycles. The number of likely N-dealkylation sites (N-methyl/N-ethyl adjacent to an activating group) is 1. The fourth-order valence-electron chi connectivity index (χ4n) is 4.32. The van der Waals surface area contributed by atoms with Crippen LogP contribution in [0.15, 0.2) is 59.5 Å². The Morgan fingerprint density at radius 3 is 2.33 bits per heavy atom. The number of benzene rings is 2. The highest BCUT2D eigenvalue weighted by Gasteiger charge is 2.29. The van der Waals surface area contributed by atoms with Crippen LogP contribution in [-0.2, 0) is 34.3 Å². The number of anilines is 1. The van der Waals surface area contributed by atoms with E-state index < -0.39 is 27.7 Å². The average molecular weight is 570 g/mol. The van der Waals surface area contributed by atoms with Crippen LogP contribution in [0.1, 0.15) is 50.6 Å². The number of carbonyl (C=O) groups is 3. The van der Waals surface area contributed by atoms with Gasteiger partial charge in [-0.05, 0) is 48.4 Å². The molecule has 0 saturated heterocycles. The molecule has 2 aromatic carbocycles. The highest BCUT2D eigenvalue weighted by molar-refractivity contribution is 7.89. The van der Waals surface area contributed by atoms with E-state index in [1.165, 1.54) is 53.9 Å². The third kappa shape index (κ3) is 6.53. The third-order valence-electron chi connectivity index (χ3n) is 6.46. The number of fused-ring (bicyclic) bond motifs is 1. The molecule has 3 N–H and O–H groups in total. The van der Waals surface area contributed by atoms with E-state index in [2.05, 4.69) is 28.0 Å². The second kappa shape index (κ2) is 12.1. The van der Waals surface area contributed by atoms with E-state index in [1.807, 2.05) is 30.3 Å². The number of hydrogen-bond donors (Lipinski definition) is 3. The first-order chi connectivity index (χ1) is 18.6. The van der Waals surface area contributed by atoms with Gasteiger partial charge in [-0.3, -0.25) is 30.1 Å². The Labute approximate surface area is 232 Å². The van der Waals surface area contributed by atoms with Crippen LogP contribution in [0.3, 0.4) is 0 Å². The molecule has 1 aromatic heterocycles. The molecule has 39 heavy (non-hydrogen) atoms. The second-order valence-corrected chi connectivity index (χ2v) is 12.3. The Morgan fingerprint density at radius 1 is 1.00 bits per heavy atom. The molecule has 1 aliphatic rings. The van der Waals surface area contributed by atoms with Crippen molar-refractivity contribution in [1.82, 2.24) is 20.1 Å². The number of hydrogen-bond acceptors (Lipinski definition) is 7. The largest absolute Gasteiger partial charge is 0.313 e. The number of nitrogens with zero attached hydrogens (tertiary/aromatic N) is 2. The van der Waals surface area contributed by atoms with Gasteiger partial charge in [0.1, 0.15) is 5.00 Å². The minimum Gasteiger partial charge on any atom is -0.313 e. The van der Waals surface area contributed by atoms with E-state index >= 15 is 0 Å². The van der Waals surface area contributed by atoms with E-state index in [0.29, 0.717) is 23.5 Å². The van der Waals surface area contributed by atoms with Gasteiger partial charge in [-0.2, -0.15) is 4.31 Å². The zero-order valence-electron chi connectivity index (χ0n) is 22.0. The van der Waals surface area contributed by atoms with Crippen molar-refractivity contribution in [3.63, 3.8) is 0 Å². The van der Waals surface area contributed by atoms with Crippen molar-refractivity contribution >= 4 is 44.1 Å². The van der Waals surface area contributed by atoms with Crippen LogP contribution in [0, 0.1) is 0 Å². The SMILES string of the molecule is CCN1CCc2c(sc(NC(=O)c3ccc(S(=O)(=O)N(C)Cc4ccccc4)cc3)c2C(=O)NNC(C)=O)C1. The van der Waals surface area contributed by atoms with Gasteiger partial charge in [-0.1, -0.05) is 37.3 Å². The lowest BCUT2D eigenvalue weighted by Gasteiger charge is -2.25. The molecule has 1 aliphatic heterocycles. The monoisotopic (exact) mass is 569 g/mol. The third-order valence-corrected chi connectivity index (χ3v) is 9.41. The molecule has 0 atom stereocenters. The average Bonchev–Trinajstić information content (AvgIpc) is 3.29. The topological polar surface area (TPSA) is 128 Å². The van der Waals surface area contributed by atoms with Crippen LogP contribution in [0.4, 0.5) is 5.00 Å². The summed E-state index contributed by atoms with van der Waals surface area (Å²) in [6.07, 6.45) is 0.640.